The van der Waals surface area contributed by atoms with Gasteiger partial charge in [0.05, 0.1) is 24.8 Å². The summed E-state index contributed by atoms with van der Waals surface area (Å²) in [5.74, 6) is 0.0524. The van der Waals surface area contributed by atoms with Gasteiger partial charge in [-0.05, 0) is 30.7 Å². The molecule has 0 radical (unpaired) electrons. The molecule has 6 nitrogen and oxygen atoms in total. The van der Waals surface area contributed by atoms with E-state index < -0.39 is 22.9 Å². The summed E-state index contributed by atoms with van der Waals surface area (Å²) in [4.78, 5) is 25.2. The molecule has 0 spiro atoms. The summed E-state index contributed by atoms with van der Waals surface area (Å²) in [5.41, 5.74) is 1.44. The van der Waals surface area contributed by atoms with E-state index >= 15 is 0 Å². The molecule has 1 aromatic rings. The fraction of sp³-hybridized carbons (Fsp3) is 0.619. The molecule has 3 atom stereocenters. The van der Waals surface area contributed by atoms with E-state index in [-0.39, 0.29) is 29.8 Å². The lowest BCUT2D eigenvalue weighted by atomic mass is 9.49. The number of fused-ring (bicyclic) bond motifs is 5. The number of phenolic OH excluding ortho intramolecular Hbond substituents is 1. The maximum Gasteiger partial charge on any atom is 0.339 e. The highest BCUT2D eigenvalue weighted by molar-refractivity contribution is 5.98. The Bertz CT molecular complexity index is 855. The van der Waals surface area contributed by atoms with Crippen LogP contribution in [-0.4, -0.2) is 35.7 Å². The molecular weight excluding hydrogens is 348 g/mol. The number of benzene rings is 1. The van der Waals surface area contributed by atoms with Crippen molar-refractivity contribution in [2.75, 3.05) is 13.7 Å². The van der Waals surface area contributed by atoms with E-state index in [2.05, 4.69) is 6.92 Å². The van der Waals surface area contributed by atoms with Crippen LogP contribution >= 0.6 is 0 Å². The van der Waals surface area contributed by atoms with Crippen LogP contribution in [0.2, 0.25) is 0 Å². The molecule has 0 aromatic heterocycles. The second-order valence-corrected chi connectivity index (χ2v) is 8.75. The first-order valence-corrected chi connectivity index (χ1v) is 9.49. The molecule has 1 fully saturated rings. The third kappa shape index (κ3) is 2.16. The van der Waals surface area contributed by atoms with E-state index in [4.69, 9.17) is 9.47 Å². The van der Waals surface area contributed by atoms with Crippen molar-refractivity contribution in [3.8, 4) is 11.5 Å². The molecular formula is C21H26O6. The second kappa shape index (κ2) is 5.71. The summed E-state index contributed by atoms with van der Waals surface area (Å²) in [6.45, 7) is 5.69. The lowest BCUT2D eigenvalue weighted by Crippen LogP contribution is -2.52. The number of aliphatic hydroxyl groups is 1. The van der Waals surface area contributed by atoms with Gasteiger partial charge in [-0.15, -0.1) is 0 Å². The topological polar surface area (TPSA) is 93.1 Å². The summed E-state index contributed by atoms with van der Waals surface area (Å²) < 4.78 is 10.8. The Hall–Kier alpha value is -2.08. The molecule has 2 aliphatic carbocycles. The molecule has 4 rings (SSSR count). The average molecular weight is 374 g/mol. The number of methoxy groups -OCH3 is 1. The summed E-state index contributed by atoms with van der Waals surface area (Å²) in [5, 5.41) is 20.8. The number of hydrogen-bond donors (Lipinski definition) is 2. The van der Waals surface area contributed by atoms with Crippen LogP contribution in [0.3, 0.4) is 0 Å². The zero-order valence-corrected chi connectivity index (χ0v) is 16.2. The van der Waals surface area contributed by atoms with Crippen molar-refractivity contribution >= 4 is 11.8 Å². The predicted octanol–water partition coefficient (Wildman–Crippen LogP) is 2.81. The fourth-order valence-corrected chi connectivity index (χ4v) is 5.90. The zero-order chi connectivity index (χ0) is 19.7. The number of aliphatic hydroxyl groups excluding tert-OH is 1. The van der Waals surface area contributed by atoms with Crippen molar-refractivity contribution in [1.82, 2.24) is 0 Å². The number of cyclic esters (lactones) is 1. The Balaban J connectivity index is 2.02. The quantitative estimate of drug-likeness (QED) is 0.773. The Kier molecular flexibility index (Phi) is 3.87. The molecule has 1 saturated carbocycles. The summed E-state index contributed by atoms with van der Waals surface area (Å²) in [6.07, 6.45) is 1.59. The second-order valence-electron chi connectivity index (χ2n) is 8.75. The van der Waals surface area contributed by atoms with Crippen LogP contribution < -0.4 is 4.74 Å². The van der Waals surface area contributed by atoms with E-state index in [9.17, 15) is 19.8 Å². The summed E-state index contributed by atoms with van der Waals surface area (Å²) in [6, 6.07) is 0. The minimum absolute atomic E-state index is 0.0142. The standard InChI is InChI=1S/C21H26O6/c1-20(2)12-6-5-10-14-15(11(9-22)27-19(14)25)18(26-4)17(24)16(10)21(12,3)8-7-13(20)23/h11-12,22,24H,5-9H2,1-4H3. The number of ketones is 1. The first-order valence-electron chi connectivity index (χ1n) is 9.49. The number of phenols is 1. The Labute approximate surface area is 158 Å². The van der Waals surface area contributed by atoms with Gasteiger partial charge in [0.1, 0.15) is 5.78 Å². The summed E-state index contributed by atoms with van der Waals surface area (Å²) in [7, 11) is 1.44. The van der Waals surface area contributed by atoms with E-state index in [0.29, 0.717) is 36.0 Å². The van der Waals surface area contributed by atoms with Gasteiger partial charge >= 0.3 is 5.97 Å². The van der Waals surface area contributed by atoms with E-state index in [1.165, 1.54) is 7.11 Å². The van der Waals surface area contributed by atoms with Crippen LogP contribution in [0, 0.1) is 11.3 Å². The zero-order valence-electron chi connectivity index (χ0n) is 16.2. The van der Waals surface area contributed by atoms with Crippen LogP contribution in [0.15, 0.2) is 0 Å². The van der Waals surface area contributed by atoms with Crippen molar-refractivity contribution in [2.45, 2.75) is 58.0 Å². The number of rotatable bonds is 2. The number of hydrogen-bond acceptors (Lipinski definition) is 6. The number of ether oxygens (including phenoxy) is 2. The van der Waals surface area contributed by atoms with Crippen molar-refractivity contribution in [2.24, 2.45) is 11.3 Å². The Morgan fingerprint density at radius 2 is 1.93 bits per heavy atom. The molecule has 6 heteroatoms. The number of esters is 1. The highest BCUT2D eigenvalue weighted by Gasteiger charge is 2.56. The molecule has 146 valence electrons. The molecule has 3 aliphatic rings. The van der Waals surface area contributed by atoms with Crippen molar-refractivity contribution in [1.29, 1.82) is 0 Å². The van der Waals surface area contributed by atoms with Gasteiger partial charge in [0.25, 0.3) is 0 Å². The van der Waals surface area contributed by atoms with Crippen LogP contribution in [-0.2, 0) is 21.4 Å². The molecule has 3 unspecified atom stereocenters. The highest BCUT2D eigenvalue weighted by Crippen LogP contribution is 2.61. The number of carbonyl (C=O) groups is 2. The van der Waals surface area contributed by atoms with Crippen molar-refractivity contribution in [3.63, 3.8) is 0 Å². The maximum atomic E-state index is 12.6. The van der Waals surface area contributed by atoms with Crippen LogP contribution in [0.4, 0.5) is 0 Å². The summed E-state index contributed by atoms with van der Waals surface area (Å²) >= 11 is 0. The molecule has 27 heavy (non-hydrogen) atoms. The van der Waals surface area contributed by atoms with Gasteiger partial charge in [0, 0.05) is 22.8 Å². The lowest BCUT2D eigenvalue weighted by Gasteiger charge is -2.53. The predicted molar refractivity (Wildman–Crippen MR) is 97.1 cm³/mol. The average Bonchev–Trinajstić information content (AvgIpc) is 2.95. The smallest absolute Gasteiger partial charge is 0.339 e. The van der Waals surface area contributed by atoms with Crippen LogP contribution in [0.5, 0.6) is 11.5 Å². The number of carbonyl (C=O) groups excluding carboxylic acids is 2. The minimum atomic E-state index is -0.825. The van der Waals surface area contributed by atoms with E-state index in [1.54, 1.807) is 0 Å². The third-order valence-corrected chi connectivity index (χ3v) is 7.20. The lowest BCUT2D eigenvalue weighted by molar-refractivity contribution is -0.137. The third-order valence-electron chi connectivity index (χ3n) is 7.20. The molecule has 0 bridgehead atoms. The van der Waals surface area contributed by atoms with E-state index in [1.807, 2.05) is 13.8 Å². The molecule has 1 heterocycles. The van der Waals surface area contributed by atoms with Gasteiger partial charge in [0.15, 0.2) is 17.6 Å². The molecule has 0 saturated heterocycles. The first-order chi connectivity index (χ1) is 12.7. The fourth-order valence-electron chi connectivity index (χ4n) is 5.90. The monoisotopic (exact) mass is 374 g/mol. The molecule has 1 aliphatic heterocycles. The first kappa shape index (κ1) is 18.3. The Morgan fingerprint density at radius 1 is 1.22 bits per heavy atom. The van der Waals surface area contributed by atoms with Crippen LogP contribution in [0.25, 0.3) is 0 Å². The van der Waals surface area contributed by atoms with Crippen molar-refractivity contribution in [3.05, 3.63) is 22.3 Å². The van der Waals surface area contributed by atoms with E-state index in [0.717, 1.165) is 12.0 Å². The molecule has 1 aromatic carbocycles. The largest absolute Gasteiger partial charge is 0.504 e. The molecule has 2 N–H and O–H groups in total. The van der Waals surface area contributed by atoms with Gasteiger partial charge in [-0.3, -0.25) is 4.79 Å². The minimum Gasteiger partial charge on any atom is -0.504 e. The van der Waals surface area contributed by atoms with Gasteiger partial charge in [-0.25, -0.2) is 4.79 Å². The number of aromatic hydroxyl groups is 1. The van der Waals surface area contributed by atoms with Gasteiger partial charge < -0.3 is 19.7 Å². The van der Waals surface area contributed by atoms with Crippen LogP contribution in [0.1, 0.15) is 73.2 Å². The normalized spacial score (nSPS) is 31.0. The van der Waals surface area contributed by atoms with Gasteiger partial charge in [-0.2, -0.15) is 0 Å². The van der Waals surface area contributed by atoms with Gasteiger partial charge in [-0.1, -0.05) is 20.8 Å². The highest BCUT2D eigenvalue weighted by atomic mass is 16.6. The Morgan fingerprint density at radius 3 is 2.56 bits per heavy atom. The molecule has 0 amide bonds. The maximum absolute atomic E-state index is 12.6. The SMILES string of the molecule is COc1c(O)c2c(c3c1C(CO)OC3=O)CCC1C(C)(C)C(=O)CCC21C. The number of Topliss-reactive ketones (excluding diaryl/α,β-unsaturated/α-hetero) is 1. The van der Waals surface area contributed by atoms with Gasteiger partial charge in [0.2, 0.25) is 0 Å². The van der Waals surface area contributed by atoms with Crippen molar-refractivity contribution < 1.29 is 29.3 Å².